The van der Waals surface area contributed by atoms with Crippen LogP contribution in [-0.2, 0) is 28.9 Å². The Balaban J connectivity index is 1.16. The van der Waals surface area contributed by atoms with Crippen LogP contribution >= 0.6 is 0 Å². The second-order valence-electron chi connectivity index (χ2n) is 8.66. The van der Waals surface area contributed by atoms with Crippen LogP contribution in [0.25, 0.3) is 11.1 Å². The molecule has 1 saturated heterocycles. The molecule has 5 rings (SSSR count). The number of ether oxygens (including phenoxy) is 2. The van der Waals surface area contributed by atoms with Crippen LogP contribution in [0.3, 0.4) is 0 Å². The van der Waals surface area contributed by atoms with Crippen molar-refractivity contribution in [3.05, 3.63) is 83.7 Å². The average Bonchev–Trinajstić information content (AvgIpc) is 3.26. The third-order valence-electron chi connectivity index (χ3n) is 6.20. The summed E-state index contributed by atoms with van der Waals surface area (Å²) in [5.74, 6) is 0.955. The van der Waals surface area contributed by atoms with Crippen molar-refractivity contribution in [2.75, 3.05) is 32.8 Å². The molecule has 170 valence electrons. The maximum atomic E-state index is 12.3. The molecule has 0 saturated carbocycles. The highest BCUT2D eigenvalue weighted by molar-refractivity contribution is 5.78. The topological polar surface area (TPSA) is 63.7 Å². The molecular weight excluding hydrogens is 414 g/mol. The summed E-state index contributed by atoms with van der Waals surface area (Å²) in [6.07, 6.45) is 3.24. The zero-order valence-electron chi connectivity index (χ0n) is 18.7. The number of amides is 1. The van der Waals surface area contributed by atoms with Gasteiger partial charge in [-0.15, -0.1) is 0 Å². The summed E-state index contributed by atoms with van der Waals surface area (Å²) in [5.41, 5.74) is 5.26. The number of nitrogens with zero attached hydrogens (tertiary/aromatic N) is 2. The highest BCUT2D eigenvalue weighted by Crippen LogP contribution is 2.33. The lowest BCUT2D eigenvalue weighted by molar-refractivity contribution is -0.120. The molecule has 1 fully saturated rings. The summed E-state index contributed by atoms with van der Waals surface area (Å²) < 4.78 is 11.6. The Bertz CT molecular complexity index is 1080. The van der Waals surface area contributed by atoms with Crippen LogP contribution in [0.2, 0.25) is 0 Å². The van der Waals surface area contributed by atoms with Crippen molar-refractivity contribution in [1.29, 1.82) is 0 Å². The summed E-state index contributed by atoms with van der Waals surface area (Å²) in [6, 6.07) is 20.2. The van der Waals surface area contributed by atoms with E-state index in [-0.39, 0.29) is 18.4 Å². The first-order valence-corrected chi connectivity index (χ1v) is 11.6. The van der Waals surface area contributed by atoms with E-state index in [9.17, 15) is 4.79 Å². The highest BCUT2D eigenvalue weighted by atomic mass is 16.5. The zero-order valence-corrected chi connectivity index (χ0v) is 18.7. The van der Waals surface area contributed by atoms with Crippen molar-refractivity contribution >= 4 is 5.91 Å². The van der Waals surface area contributed by atoms with Gasteiger partial charge >= 0.3 is 0 Å². The number of pyridine rings is 1. The van der Waals surface area contributed by atoms with Crippen LogP contribution in [0.1, 0.15) is 16.8 Å². The summed E-state index contributed by atoms with van der Waals surface area (Å²) in [7, 11) is 0. The van der Waals surface area contributed by atoms with Gasteiger partial charge in [-0.1, -0.05) is 42.5 Å². The number of morpholine rings is 1. The normalized spacial score (nSPS) is 17.9. The lowest BCUT2D eigenvalue weighted by Crippen LogP contribution is -2.42. The Morgan fingerprint density at radius 1 is 1.03 bits per heavy atom. The minimum Gasteiger partial charge on any atom is -0.488 e. The number of benzene rings is 2. The smallest absolute Gasteiger partial charge is 0.226 e. The van der Waals surface area contributed by atoms with Gasteiger partial charge in [0.25, 0.3) is 0 Å². The van der Waals surface area contributed by atoms with Gasteiger partial charge in [-0.2, -0.15) is 0 Å². The molecule has 0 spiro atoms. The van der Waals surface area contributed by atoms with E-state index in [2.05, 4.69) is 33.4 Å². The number of fused-ring (bicyclic) bond motifs is 1. The SMILES string of the molecule is O=C(Cc1ccc(-c2ccc3c(c2)CC(CN2CCOCC2)O3)cn1)NCc1ccccc1. The van der Waals surface area contributed by atoms with Gasteiger partial charge < -0.3 is 14.8 Å². The Morgan fingerprint density at radius 3 is 2.64 bits per heavy atom. The summed E-state index contributed by atoms with van der Waals surface area (Å²) in [6.45, 7) is 5.04. The van der Waals surface area contributed by atoms with Gasteiger partial charge in [-0.3, -0.25) is 14.7 Å². The Labute approximate surface area is 194 Å². The Morgan fingerprint density at radius 2 is 1.85 bits per heavy atom. The maximum absolute atomic E-state index is 12.3. The molecule has 2 aliphatic heterocycles. The number of carbonyl (C=O) groups excluding carboxylic acids is 1. The van der Waals surface area contributed by atoms with Gasteiger partial charge in [-0.25, -0.2) is 0 Å². The van der Waals surface area contributed by atoms with Gasteiger partial charge in [0.05, 0.1) is 19.6 Å². The molecular formula is C27H29N3O3. The van der Waals surface area contributed by atoms with E-state index in [0.29, 0.717) is 6.54 Å². The third kappa shape index (κ3) is 5.59. The predicted molar refractivity (Wildman–Crippen MR) is 127 cm³/mol. The molecule has 1 unspecified atom stereocenters. The van der Waals surface area contributed by atoms with E-state index in [1.165, 1.54) is 5.56 Å². The average molecular weight is 444 g/mol. The molecule has 0 bridgehead atoms. The standard InChI is InChI=1S/C27H29N3O3/c31-27(29-17-20-4-2-1-3-5-20)16-24-8-6-22(18-28-24)21-7-9-26-23(14-21)15-25(33-26)19-30-10-12-32-13-11-30/h1-9,14,18,25H,10-13,15-17,19H2,(H,29,31). The number of hydrogen-bond donors (Lipinski definition) is 1. The molecule has 1 atom stereocenters. The van der Waals surface area contributed by atoms with E-state index in [1.807, 2.05) is 48.7 Å². The summed E-state index contributed by atoms with van der Waals surface area (Å²) in [5, 5.41) is 2.95. The van der Waals surface area contributed by atoms with E-state index in [1.54, 1.807) is 0 Å². The van der Waals surface area contributed by atoms with Crippen molar-refractivity contribution < 1.29 is 14.3 Å². The van der Waals surface area contributed by atoms with Crippen molar-refractivity contribution in [2.45, 2.75) is 25.5 Å². The van der Waals surface area contributed by atoms with Crippen molar-refractivity contribution in [3.8, 4) is 16.9 Å². The Hall–Kier alpha value is -3.22. The van der Waals surface area contributed by atoms with E-state index in [0.717, 1.165) is 67.4 Å². The Kier molecular flexibility index (Phi) is 6.65. The number of carbonyl (C=O) groups is 1. The number of aromatic nitrogens is 1. The monoisotopic (exact) mass is 443 g/mol. The fourth-order valence-corrected chi connectivity index (χ4v) is 4.40. The van der Waals surface area contributed by atoms with Gasteiger partial charge in [-0.05, 0) is 34.9 Å². The molecule has 3 aromatic rings. The molecule has 0 radical (unpaired) electrons. The first-order chi connectivity index (χ1) is 16.2. The molecule has 1 aromatic heterocycles. The van der Waals surface area contributed by atoms with Crippen molar-refractivity contribution in [2.24, 2.45) is 0 Å². The number of hydrogen-bond acceptors (Lipinski definition) is 5. The minimum atomic E-state index is -0.0277. The van der Waals surface area contributed by atoms with Crippen LogP contribution in [0.15, 0.2) is 66.9 Å². The largest absolute Gasteiger partial charge is 0.488 e. The molecule has 6 nitrogen and oxygen atoms in total. The molecule has 33 heavy (non-hydrogen) atoms. The predicted octanol–water partition coefficient (Wildman–Crippen LogP) is 3.24. The molecule has 0 aliphatic carbocycles. The molecule has 1 amide bonds. The number of rotatable bonds is 7. The second kappa shape index (κ2) is 10.1. The van der Waals surface area contributed by atoms with Crippen molar-refractivity contribution in [3.63, 3.8) is 0 Å². The first kappa shape index (κ1) is 21.6. The third-order valence-corrected chi connectivity index (χ3v) is 6.20. The van der Waals surface area contributed by atoms with Crippen LogP contribution in [-0.4, -0.2) is 54.7 Å². The lowest BCUT2D eigenvalue weighted by Gasteiger charge is -2.28. The van der Waals surface area contributed by atoms with Crippen LogP contribution in [0, 0.1) is 0 Å². The van der Waals surface area contributed by atoms with E-state index in [4.69, 9.17) is 9.47 Å². The maximum Gasteiger partial charge on any atom is 0.226 e. The minimum absolute atomic E-state index is 0.0277. The second-order valence-corrected chi connectivity index (χ2v) is 8.66. The molecule has 2 aliphatic rings. The highest BCUT2D eigenvalue weighted by Gasteiger charge is 2.26. The fourth-order valence-electron chi connectivity index (χ4n) is 4.40. The van der Waals surface area contributed by atoms with Crippen LogP contribution in [0.4, 0.5) is 0 Å². The molecule has 3 heterocycles. The van der Waals surface area contributed by atoms with Gasteiger partial charge in [0, 0.05) is 50.1 Å². The first-order valence-electron chi connectivity index (χ1n) is 11.6. The molecule has 6 heteroatoms. The van der Waals surface area contributed by atoms with E-state index < -0.39 is 0 Å². The van der Waals surface area contributed by atoms with E-state index >= 15 is 0 Å². The van der Waals surface area contributed by atoms with Gasteiger partial charge in [0.15, 0.2) is 0 Å². The van der Waals surface area contributed by atoms with Gasteiger partial charge in [0.2, 0.25) is 5.91 Å². The molecule has 2 aromatic carbocycles. The fraction of sp³-hybridized carbons (Fsp3) is 0.333. The lowest BCUT2D eigenvalue weighted by atomic mass is 10.0. The van der Waals surface area contributed by atoms with Crippen LogP contribution in [0.5, 0.6) is 5.75 Å². The molecule has 1 N–H and O–H groups in total. The zero-order chi connectivity index (χ0) is 22.5. The summed E-state index contributed by atoms with van der Waals surface area (Å²) >= 11 is 0. The number of nitrogens with one attached hydrogen (secondary N) is 1. The quantitative estimate of drug-likeness (QED) is 0.607. The van der Waals surface area contributed by atoms with Crippen molar-refractivity contribution in [1.82, 2.24) is 15.2 Å². The summed E-state index contributed by atoms with van der Waals surface area (Å²) in [4.78, 5) is 19.2. The van der Waals surface area contributed by atoms with Crippen LogP contribution < -0.4 is 10.1 Å². The van der Waals surface area contributed by atoms with Gasteiger partial charge in [0.1, 0.15) is 11.9 Å².